The van der Waals surface area contributed by atoms with Crippen molar-refractivity contribution in [3.63, 3.8) is 0 Å². The number of halogens is 2. The Morgan fingerprint density at radius 3 is 2.59 bits per heavy atom. The van der Waals surface area contributed by atoms with Gasteiger partial charge in [0.1, 0.15) is 0 Å². The zero-order chi connectivity index (χ0) is 15.9. The minimum Gasteiger partial charge on any atom is -0.396 e. The maximum absolute atomic E-state index is 12.1. The Hall–Kier alpha value is -1.62. The Morgan fingerprint density at radius 1 is 1.23 bits per heavy atom. The van der Waals surface area contributed by atoms with Crippen molar-refractivity contribution in [1.29, 1.82) is 0 Å². The molecule has 0 radical (unpaired) electrons. The monoisotopic (exact) mass is 338 g/mol. The van der Waals surface area contributed by atoms with E-state index < -0.39 is 0 Å². The molecule has 0 aliphatic rings. The van der Waals surface area contributed by atoms with Gasteiger partial charge < -0.3 is 10.4 Å². The topological polar surface area (TPSA) is 62.2 Å². The van der Waals surface area contributed by atoms with Gasteiger partial charge in [0.15, 0.2) is 0 Å². The van der Waals surface area contributed by atoms with E-state index >= 15 is 0 Å². The van der Waals surface area contributed by atoms with Crippen LogP contribution >= 0.6 is 23.2 Å². The van der Waals surface area contributed by atoms with Crippen LogP contribution in [0, 0.1) is 5.92 Å². The lowest BCUT2D eigenvalue weighted by molar-refractivity contribution is 0.0940. The summed E-state index contributed by atoms with van der Waals surface area (Å²) in [7, 11) is 0. The summed E-state index contributed by atoms with van der Waals surface area (Å²) in [6.45, 7) is 0.337. The second-order valence-electron chi connectivity index (χ2n) is 4.94. The predicted octanol–water partition coefficient (Wildman–Crippen LogP) is 2.97. The molecule has 6 heteroatoms. The number of hydrogen-bond donors (Lipinski definition) is 2. The number of pyridine rings is 1. The van der Waals surface area contributed by atoms with Crippen LogP contribution in [0.5, 0.6) is 0 Å². The first-order valence-electron chi connectivity index (χ1n) is 6.83. The summed E-state index contributed by atoms with van der Waals surface area (Å²) in [4.78, 5) is 15.9. The van der Waals surface area contributed by atoms with Crippen LogP contribution in [-0.4, -0.2) is 29.1 Å². The van der Waals surface area contributed by atoms with Crippen molar-refractivity contribution < 1.29 is 9.90 Å². The van der Waals surface area contributed by atoms with Gasteiger partial charge in [0.2, 0.25) is 0 Å². The molecule has 1 amide bonds. The molecule has 2 aromatic rings. The van der Waals surface area contributed by atoms with E-state index in [4.69, 9.17) is 23.2 Å². The molecule has 0 saturated heterocycles. The summed E-state index contributed by atoms with van der Waals surface area (Å²) in [6, 6.07) is 8.99. The number of aliphatic hydroxyl groups is 1. The lowest BCUT2D eigenvalue weighted by atomic mass is 10.00. The maximum Gasteiger partial charge on any atom is 0.252 e. The van der Waals surface area contributed by atoms with Crippen LogP contribution in [-0.2, 0) is 6.42 Å². The summed E-state index contributed by atoms with van der Waals surface area (Å²) in [5, 5.41) is 13.2. The van der Waals surface area contributed by atoms with Gasteiger partial charge in [-0.15, -0.1) is 0 Å². The van der Waals surface area contributed by atoms with E-state index in [1.165, 1.54) is 12.4 Å². The fourth-order valence-electron chi connectivity index (χ4n) is 2.05. The zero-order valence-electron chi connectivity index (χ0n) is 11.8. The van der Waals surface area contributed by atoms with Crippen molar-refractivity contribution >= 4 is 29.1 Å². The van der Waals surface area contributed by atoms with Crippen LogP contribution < -0.4 is 5.32 Å². The SMILES string of the molecule is O=C(NC[C@H](CO)Cc1ccc(Cl)cc1)c1ccncc1Cl. The van der Waals surface area contributed by atoms with Gasteiger partial charge in [0, 0.05) is 36.5 Å². The molecular weight excluding hydrogens is 323 g/mol. The maximum atomic E-state index is 12.1. The molecule has 2 N–H and O–H groups in total. The Balaban J connectivity index is 1.92. The first-order valence-corrected chi connectivity index (χ1v) is 7.58. The van der Waals surface area contributed by atoms with Crippen molar-refractivity contribution in [2.45, 2.75) is 6.42 Å². The van der Waals surface area contributed by atoms with Crippen molar-refractivity contribution in [2.24, 2.45) is 5.92 Å². The molecule has 0 spiro atoms. The molecule has 2 rings (SSSR count). The number of hydrogen-bond acceptors (Lipinski definition) is 3. The predicted molar refractivity (Wildman–Crippen MR) is 87.3 cm³/mol. The molecule has 1 aromatic carbocycles. The number of aromatic nitrogens is 1. The molecule has 0 fully saturated rings. The van der Waals surface area contributed by atoms with Crippen LogP contribution in [0.4, 0.5) is 0 Å². The third kappa shape index (κ3) is 4.70. The van der Waals surface area contributed by atoms with Crippen LogP contribution in [0.15, 0.2) is 42.7 Å². The molecule has 1 heterocycles. The fourth-order valence-corrected chi connectivity index (χ4v) is 2.38. The largest absolute Gasteiger partial charge is 0.396 e. The Labute approximate surface area is 139 Å². The summed E-state index contributed by atoms with van der Waals surface area (Å²) < 4.78 is 0. The Kier molecular flexibility index (Phi) is 6.19. The molecular formula is C16H16Cl2N2O2. The zero-order valence-corrected chi connectivity index (χ0v) is 13.3. The summed E-state index contributed by atoms with van der Waals surface area (Å²) in [5.41, 5.74) is 1.43. The number of nitrogens with zero attached hydrogens (tertiary/aromatic N) is 1. The molecule has 116 valence electrons. The first kappa shape index (κ1) is 16.7. The third-order valence-electron chi connectivity index (χ3n) is 3.26. The Bertz CT molecular complexity index is 632. The summed E-state index contributed by atoms with van der Waals surface area (Å²) in [5.74, 6) is -0.354. The summed E-state index contributed by atoms with van der Waals surface area (Å²) >= 11 is 11.8. The lowest BCUT2D eigenvalue weighted by Crippen LogP contribution is -2.32. The van der Waals surface area contributed by atoms with Crippen LogP contribution in [0.25, 0.3) is 0 Å². The smallest absolute Gasteiger partial charge is 0.252 e. The van der Waals surface area contributed by atoms with Crippen molar-refractivity contribution in [3.05, 3.63) is 63.9 Å². The second kappa shape index (κ2) is 8.13. The number of carbonyl (C=O) groups is 1. The highest BCUT2D eigenvalue weighted by atomic mass is 35.5. The van der Waals surface area contributed by atoms with E-state index in [9.17, 15) is 9.90 Å². The van der Waals surface area contributed by atoms with Gasteiger partial charge in [-0.25, -0.2) is 0 Å². The van der Waals surface area contributed by atoms with Gasteiger partial charge in [-0.2, -0.15) is 0 Å². The van der Waals surface area contributed by atoms with E-state index in [1.807, 2.05) is 12.1 Å². The van der Waals surface area contributed by atoms with Crippen LogP contribution in [0.3, 0.4) is 0 Å². The van der Waals surface area contributed by atoms with Crippen LogP contribution in [0.2, 0.25) is 10.0 Å². The van der Waals surface area contributed by atoms with Gasteiger partial charge in [-0.1, -0.05) is 35.3 Å². The minimum atomic E-state index is -0.276. The van der Waals surface area contributed by atoms with E-state index in [-0.39, 0.29) is 18.4 Å². The number of rotatable bonds is 6. The third-order valence-corrected chi connectivity index (χ3v) is 3.82. The van der Waals surface area contributed by atoms with Gasteiger partial charge >= 0.3 is 0 Å². The highest BCUT2D eigenvalue weighted by Gasteiger charge is 2.13. The summed E-state index contributed by atoms with van der Waals surface area (Å²) in [6.07, 6.45) is 3.59. The second-order valence-corrected chi connectivity index (χ2v) is 5.79. The van der Waals surface area contributed by atoms with E-state index in [2.05, 4.69) is 10.3 Å². The standard InChI is InChI=1S/C16H16Cl2N2O2/c17-13-3-1-11(2-4-13)7-12(10-21)8-20-16(22)14-5-6-19-9-15(14)18/h1-6,9,12,21H,7-8,10H2,(H,20,22)/t12-/m1/s1. The fraction of sp³-hybridized carbons (Fsp3) is 0.250. The Morgan fingerprint density at radius 2 is 1.95 bits per heavy atom. The van der Waals surface area contributed by atoms with E-state index in [0.717, 1.165) is 5.56 Å². The van der Waals surface area contributed by atoms with Crippen molar-refractivity contribution in [3.8, 4) is 0 Å². The average molecular weight is 339 g/mol. The molecule has 0 bridgehead atoms. The van der Waals surface area contributed by atoms with Gasteiger partial charge in [-0.05, 0) is 30.2 Å². The quantitative estimate of drug-likeness (QED) is 0.851. The normalized spacial score (nSPS) is 12.0. The number of nitrogens with one attached hydrogen (secondary N) is 1. The van der Waals surface area contributed by atoms with Crippen molar-refractivity contribution in [2.75, 3.05) is 13.2 Å². The number of carbonyl (C=O) groups excluding carboxylic acids is 1. The first-order chi connectivity index (χ1) is 10.6. The molecule has 1 atom stereocenters. The van der Waals surface area contributed by atoms with Crippen molar-refractivity contribution in [1.82, 2.24) is 10.3 Å². The highest BCUT2D eigenvalue weighted by Crippen LogP contribution is 2.15. The van der Waals surface area contributed by atoms with Crippen LogP contribution in [0.1, 0.15) is 15.9 Å². The van der Waals surface area contributed by atoms with E-state index in [0.29, 0.717) is 28.6 Å². The molecule has 0 unspecified atom stereocenters. The van der Waals surface area contributed by atoms with Gasteiger partial charge in [0.25, 0.3) is 5.91 Å². The molecule has 0 saturated carbocycles. The number of amides is 1. The number of benzene rings is 1. The number of aliphatic hydroxyl groups excluding tert-OH is 1. The molecule has 1 aromatic heterocycles. The lowest BCUT2D eigenvalue weighted by Gasteiger charge is -2.15. The molecule has 22 heavy (non-hydrogen) atoms. The molecule has 0 aliphatic carbocycles. The van der Waals surface area contributed by atoms with Gasteiger partial charge in [-0.3, -0.25) is 9.78 Å². The highest BCUT2D eigenvalue weighted by molar-refractivity contribution is 6.33. The average Bonchev–Trinajstić information content (AvgIpc) is 2.53. The molecule has 4 nitrogen and oxygen atoms in total. The van der Waals surface area contributed by atoms with Gasteiger partial charge in [0.05, 0.1) is 10.6 Å². The van der Waals surface area contributed by atoms with E-state index in [1.54, 1.807) is 18.2 Å². The molecule has 0 aliphatic heterocycles. The minimum absolute atomic E-state index is 0.0208.